The number of nitrogen functional groups attached to an aromatic ring is 1. The molecule has 13 heavy (non-hydrogen) atoms. The Balaban J connectivity index is 2.10. The summed E-state index contributed by atoms with van der Waals surface area (Å²) in [7, 11) is 0. The van der Waals surface area contributed by atoms with E-state index >= 15 is 0 Å². The van der Waals surface area contributed by atoms with Crippen LogP contribution in [0.5, 0.6) is 0 Å². The Morgan fingerprint density at radius 2 is 2.15 bits per heavy atom. The molecule has 1 saturated heterocycles. The van der Waals surface area contributed by atoms with E-state index in [4.69, 9.17) is 5.73 Å². The topological polar surface area (TPSA) is 63.8 Å². The molecule has 0 saturated carbocycles. The minimum atomic E-state index is 0.354. The number of piperidine rings is 1. The highest BCUT2D eigenvalue weighted by molar-refractivity contribution is 5.20. The SMILES string of the molecule is Nc1ncc(C2CCCNC2)cn1. The quantitative estimate of drug-likeness (QED) is 0.658. The zero-order valence-electron chi connectivity index (χ0n) is 7.53. The predicted octanol–water partition coefficient (Wildman–Crippen LogP) is 0.526. The molecule has 0 amide bonds. The number of hydrogen-bond donors (Lipinski definition) is 2. The van der Waals surface area contributed by atoms with Gasteiger partial charge in [-0.25, -0.2) is 9.97 Å². The van der Waals surface area contributed by atoms with E-state index in [2.05, 4.69) is 15.3 Å². The van der Waals surface area contributed by atoms with Crippen LogP contribution in [-0.2, 0) is 0 Å². The van der Waals surface area contributed by atoms with Gasteiger partial charge in [0.15, 0.2) is 0 Å². The molecule has 1 unspecified atom stereocenters. The number of nitrogens with two attached hydrogens (primary N) is 1. The van der Waals surface area contributed by atoms with Crippen molar-refractivity contribution in [2.45, 2.75) is 18.8 Å². The molecule has 3 N–H and O–H groups in total. The summed E-state index contributed by atoms with van der Waals surface area (Å²) in [5.41, 5.74) is 6.61. The Labute approximate surface area is 77.6 Å². The molecular weight excluding hydrogens is 164 g/mol. The van der Waals surface area contributed by atoms with Gasteiger partial charge in [0.05, 0.1) is 0 Å². The first-order valence-electron chi connectivity index (χ1n) is 4.64. The molecule has 1 aromatic rings. The van der Waals surface area contributed by atoms with Crippen LogP contribution in [0, 0.1) is 0 Å². The van der Waals surface area contributed by atoms with Gasteiger partial charge in [-0.3, -0.25) is 0 Å². The summed E-state index contributed by atoms with van der Waals surface area (Å²) in [6, 6.07) is 0. The normalized spacial score (nSPS) is 22.9. The molecule has 0 radical (unpaired) electrons. The zero-order valence-corrected chi connectivity index (χ0v) is 7.53. The molecule has 0 bridgehead atoms. The second-order valence-electron chi connectivity index (χ2n) is 3.42. The first-order valence-corrected chi connectivity index (χ1v) is 4.64. The minimum absolute atomic E-state index is 0.354. The van der Waals surface area contributed by atoms with Gasteiger partial charge in [-0.1, -0.05) is 0 Å². The third-order valence-electron chi connectivity index (χ3n) is 2.46. The Bertz CT molecular complexity index is 263. The van der Waals surface area contributed by atoms with Crippen LogP contribution in [0.1, 0.15) is 24.3 Å². The molecule has 0 aromatic carbocycles. The molecule has 1 aliphatic heterocycles. The average Bonchev–Trinajstić information content (AvgIpc) is 2.20. The second-order valence-corrected chi connectivity index (χ2v) is 3.42. The molecular formula is C9H14N4. The van der Waals surface area contributed by atoms with Crippen LogP contribution < -0.4 is 11.1 Å². The van der Waals surface area contributed by atoms with E-state index < -0.39 is 0 Å². The van der Waals surface area contributed by atoms with Crippen molar-refractivity contribution in [3.05, 3.63) is 18.0 Å². The maximum absolute atomic E-state index is 5.42. The first kappa shape index (κ1) is 8.44. The minimum Gasteiger partial charge on any atom is -0.368 e. The van der Waals surface area contributed by atoms with E-state index in [1.54, 1.807) is 0 Å². The van der Waals surface area contributed by atoms with Crippen molar-refractivity contribution in [2.24, 2.45) is 0 Å². The number of hydrogen-bond acceptors (Lipinski definition) is 4. The van der Waals surface area contributed by atoms with Gasteiger partial charge >= 0.3 is 0 Å². The summed E-state index contributed by atoms with van der Waals surface area (Å²) in [5.74, 6) is 0.918. The van der Waals surface area contributed by atoms with Crippen molar-refractivity contribution in [1.82, 2.24) is 15.3 Å². The van der Waals surface area contributed by atoms with E-state index in [1.165, 1.54) is 18.4 Å². The van der Waals surface area contributed by atoms with E-state index in [1.807, 2.05) is 12.4 Å². The number of nitrogens with zero attached hydrogens (tertiary/aromatic N) is 2. The summed E-state index contributed by atoms with van der Waals surface area (Å²) in [5, 5.41) is 3.36. The van der Waals surface area contributed by atoms with E-state index in [0.717, 1.165) is 13.1 Å². The van der Waals surface area contributed by atoms with Crippen molar-refractivity contribution in [3.63, 3.8) is 0 Å². The monoisotopic (exact) mass is 178 g/mol. The number of aromatic nitrogens is 2. The van der Waals surface area contributed by atoms with Crippen LogP contribution in [0.25, 0.3) is 0 Å². The highest BCUT2D eigenvalue weighted by Crippen LogP contribution is 2.21. The first-order chi connectivity index (χ1) is 6.36. The molecule has 4 heteroatoms. The van der Waals surface area contributed by atoms with Crippen LogP contribution in [0.4, 0.5) is 5.95 Å². The smallest absolute Gasteiger partial charge is 0.219 e. The van der Waals surface area contributed by atoms with Gasteiger partial charge in [0.2, 0.25) is 5.95 Å². The summed E-state index contributed by atoms with van der Waals surface area (Å²) >= 11 is 0. The summed E-state index contributed by atoms with van der Waals surface area (Å²) in [6.45, 7) is 2.17. The van der Waals surface area contributed by atoms with Crippen LogP contribution in [0.15, 0.2) is 12.4 Å². The average molecular weight is 178 g/mol. The fourth-order valence-electron chi connectivity index (χ4n) is 1.70. The lowest BCUT2D eigenvalue weighted by atomic mass is 9.94. The van der Waals surface area contributed by atoms with Gasteiger partial charge in [0, 0.05) is 18.9 Å². The predicted molar refractivity (Wildman–Crippen MR) is 51.3 cm³/mol. The van der Waals surface area contributed by atoms with Gasteiger partial charge in [-0.15, -0.1) is 0 Å². The maximum atomic E-state index is 5.42. The van der Waals surface area contributed by atoms with Gasteiger partial charge in [-0.2, -0.15) is 0 Å². The van der Waals surface area contributed by atoms with Gasteiger partial charge in [0.1, 0.15) is 0 Å². The van der Waals surface area contributed by atoms with Gasteiger partial charge < -0.3 is 11.1 Å². The fraction of sp³-hybridized carbons (Fsp3) is 0.556. The largest absolute Gasteiger partial charge is 0.368 e. The Kier molecular flexibility index (Phi) is 2.40. The molecule has 0 spiro atoms. The van der Waals surface area contributed by atoms with Crippen LogP contribution in [0.3, 0.4) is 0 Å². The summed E-state index contributed by atoms with van der Waals surface area (Å²) < 4.78 is 0. The molecule has 1 atom stereocenters. The third-order valence-corrected chi connectivity index (χ3v) is 2.46. The summed E-state index contributed by atoms with van der Waals surface area (Å²) in [6.07, 6.45) is 6.12. The molecule has 2 rings (SSSR count). The molecule has 2 heterocycles. The molecule has 70 valence electrons. The zero-order chi connectivity index (χ0) is 9.10. The second kappa shape index (κ2) is 3.70. The van der Waals surface area contributed by atoms with Crippen molar-refractivity contribution < 1.29 is 0 Å². The van der Waals surface area contributed by atoms with Crippen molar-refractivity contribution in [2.75, 3.05) is 18.8 Å². The lowest BCUT2D eigenvalue weighted by Gasteiger charge is -2.22. The standard InChI is InChI=1S/C9H14N4/c10-9-12-5-8(6-13-9)7-2-1-3-11-4-7/h5-7,11H,1-4H2,(H2,10,12,13). The van der Waals surface area contributed by atoms with Crippen LogP contribution >= 0.6 is 0 Å². The van der Waals surface area contributed by atoms with E-state index in [-0.39, 0.29) is 0 Å². The van der Waals surface area contributed by atoms with E-state index in [9.17, 15) is 0 Å². The number of nitrogens with one attached hydrogen (secondary N) is 1. The lowest BCUT2D eigenvalue weighted by molar-refractivity contribution is 0.460. The Hall–Kier alpha value is -1.16. The molecule has 0 aliphatic carbocycles. The highest BCUT2D eigenvalue weighted by atomic mass is 15.0. The Morgan fingerprint density at radius 1 is 1.38 bits per heavy atom. The highest BCUT2D eigenvalue weighted by Gasteiger charge is 2.15. The molecule has 4 nitrogen and oxygen atoms in total. The van der Waals surface area contributed by atoms with Crippen LogP contribution in [0.2, 0.25) is 0 Å². The summed E-state index contributed by atoms with van der Waals surface area (Å²) in [4.78, 5) is 7.99. The molecule has 1 aromatic heterocycles. The van der Waals surface area contributed by atoms with Crippen molar-refractivity contribution in [1.29, 1.82) is 0 Å². The van der Waals surface area contributed by atoms with Gasteiger partial charge in [0.25, 0.3) is 0 Å². The number of anilines is 1. The molecule has 1 fully saturated rings. The van der Waals surface area contributed by atoms with Gasteiger partial charge in [-0.05, 0) is 30.9 Å². The van der Waals surface area contributed by atoms with Crippen molar-refractivity contribution >= 4 is 5.95 Å². The molecule has 1 aliphatic rings. The third kappa shape index (κ3) is 1.95. The lowest BCUT2D eigenvalue weighted by Crippen LogP contribution is -2.28. The van der Waals surface area contributed by atoms with Crippen molar-refractivity contribution in [3.8, 4) is 0 Å². The maximum Gasteiger partial charge on any atom is 0.219 e. The fourth-order valence-corrected chi connectivity index (χ4v) is 1.70. The van der Waals surface area contributed by atoms with E-state index in [0.29, 0.717) is 11.9 Å². The van der Waals surface area contributed by atoms with Crippen LogP contribution in [-0.4, -0.2) is 23.1 Å². The number of rotatable bonds is 1. The Morgan fingerprint density at radius 3 is 2.77 bits per heavy atom.